The van der Waals surface area contributed by atoms with Crippen molar-refractivity contribution in [3.63, 3.8) is 0 Å². The lowest BCUT2D eigenvalue weighted by Gasteiger charge is -2.23. The first-order valence-corrected chi connectivity index (χ1v) is 7.21. The molecule has 0 amide bonds. The van der Waals surface area contributed by atoms with Crippen molar-refractivity contribution in [1.82, 2.24) is 4.90 Å². The van der Waals surface area contributed by atoms with Gasteiger partial charge in [0.05, 0.1) is 10.7 Å². The molecular weight excluding hydrogens is 258 g/mol. The van der Waals surface area contributed by atoms with Crippen LogP contribution in [0.3, 0.4) is 0 Å². The van der Waals surface area contributed by atoms with Crippen LogP contribution >= 0.6 is 11.6 Å². The Labute approximate surface area is 122 Å². The standard InChI is InChI=1S/C15H26ClN3/c1-5-13(17)10-12-6-7-15(14(16)11-12)19(4)9-8-18(2)3/h6-7,11,13H,5,8-10,17H2,1-4H3. The van der Waals surface area contributed by atoms with E-state index < -0.39 is 0 Å². The SMILES string of the molecule is CCC(N)Cc1ccc(N(C)CCN(C)C)c(Cl)c1. The number of anilines is 1. The summed E-state index contributed by atoms with van der Waals surface area (Å²) in [5, 5.41) is 0.807. The molecule has 0 bridgehead atoms. The molecule has 0 saturated carbocycles. The van der Waals surface area contributed by atoms with Gasteiger partial charge >= 0.3 is 0 Å². The Morgan fingerprint density at radius 2 is 1.89 bits per heavy atom. The van der Waals surface area contributed by atoms with Crippen molar-refractivity contribution in [2.45, 2.75) is 25.8 Å². The van der Waals surface area contributed by atoms with E-state index in [2.05, 4.69) is 50.0 Å². The maximum atomic E-state index is 6.37. The van der Waals surface area contributed by atoms with E-state index in [1.54, 1.807) is 0 Å². The Morgan fingerprint density at radius 3 is 2.42 bits per heavy atom. The van der Waals surface area contributed by atoms with Crippen molar-refractivity contribution in [2.75, 3.05) is 39.1 Å². The highest BCUT2D eigenvalue weighted by Crippen LogP contribution is 2.26. The summed E-state index contributed by atoms with van der Waals surface area (Å²) in [5.41, 5.74) is 8.27. The van der Waals surface area contributed by atoms with Gasteiger partial charge in [-0.3, -0.25) is 0 Å². The zero-order valence-corrected chi connectivity index (χ0v) is 13.2. The fraction of sp³-hybridized carbons (Fsp3) is 0.600. The molecule has 0 radical (unpaired) electrons. The predicted molar refractivity (Wildman–Crippen MR) is 85.2 cm³/mol. The van der Waals surface area contributed by atoms with Gasteiger partial charge in [0.2, 0.25) is 0 Å². The van der Waals surface area contributed by atoms with E-state index in [1.807, 2.05) is 6.07 Å². The highest BCUT2D eigenvalue weighted by Gasteiger charge is 2.09. The summed E-state index contributed by atoms with van der Waals surface area (Å²) in [6.45, 7) is 4.07. The normalized spacial score (nSPS) is 12.8. The third-order valence-corrected chi connectivity index (χ3v) is 3.63. The number of benzene rings is 1. The molecule has 0 heterocycles. The van der Waals surface area contributed by atoms with Crippen LogP contribution in [0.1, 0.15) is 18.9 Å². The lowest BCUT2D eigenvalue weighted by Crippen LogP contribution is -2.28. The van der Waals surface area contributed by atoms with Crippen LogP contribution in [-0.4, -0.2) is 45.2 Å². The van der Waals surface area contributed by atoms with Crippen molar-refractivity contribution in [1.29, 1.82) is 0 Å². The average molecular weight is 284 g/mol. The van der Waals surface area contributed by atoms with E-state index >= 15 is 0 Å². The summed E-state index contributed by atoms with van der Waals surface area (Å²) >= 11 is 6.37. The van der Waals surface area contributed by atoms with Gasteiger partial charge in [0.1, 0.15) is 0 Å². The molecule has 1 atom stereocenters. The molecule has 0 aliphatic carbocycles. The first-order valence-electron chi connectivity index (χ1n) is 6.84. The molecule has 0 saturated heterocycles. The van der Waals surface area contributed by atoms with Gasteiger partial charge in [-0.25, -0.2) is 0 Å². The molecule has 0 aliphatic rings. The molecule has 0 spiro atoms. The zero-order chi connectivity index (χ0) is 14.4. The lowest BCUT2D eigenvalue weighted by atomic mass is 10.0. The Kier molecular flexibility index (Phi) is 6.63. The van der Waals surface area contributed by atoms with E-state index in [0.29, 0.717) is 0 Å². The highest BCUT2D eigenvalue weighted by atomic mass is 35.5. The second kappa shape index (κ2) is 7.73. The third kappa shape index (κ3) is 5.39. The van der Waals surface area contributed by atoms with E-state index in [1.165, 1.54) is 5.56 Å². The fourth-order valence-electron chi connectivity index (χ4n) is 1.90. The van der Waals surface area contributed by atoms with E-state index in [0.717, 1.165) is 36.6 Å². The van der Waals surface area contributed by atoms with Gasteiger partial charge in [-0.1, -0.05) is 24.6 Å². The summed E-state index contributed by atoms with van der Waals surface area (Å²) < 4.78 is 0. The van der Waals surface area contributed by atoms with Crippen molar-refractivity contribution in [3.05, 3.63) is 28.8 Å². The van der Waals surface area contributed by atoms with Gasteiger partial charge in [0.15, 0.2) is 0 Å². The molecule has 4 heteroatoms. The molecule has 1 unspecified atom stereocenters. The minimum Gasteiger partial charge on any atom is -0.372 e. The molecule has 108 valence electrons. The molecule has 1 rings (SSSR count). The molecule has 1 aromatic rings. The van der Waals surface area contributed by atoms with Crippen molar-refractivity contribution in [3.8, 4) is 0 Å². The largest absolute Gasteiger partial charge is 0.372 e. The zero-order valence-electron chi connectivity index (χ0n) is 12.5. The predicted octanol–water partition coefficient (Wildman–Crippen LogP) is 2.62. The van der Waals surface area contributed by atoms with Gasteiger partial charge in [-0.2, -0.15) is 0 Å². The van der Waals surface area contributed by atoms with E-state index in [4.69, 9.17) is 17.3 Å². The minimum atomic E-state index is 0.216. The summed E-state index contributed by atoms with van der Waals surface area (Å²) in [6, 6.07) is 6.48. The first kappa shape index (κ1) is 16.3. The van der Waals surface area contributed by atoms with Crippen molar-refractivity contribution < 1.29 is 0 Å². The third-order valence-electron chi connectivity index (χ3n) is 3.33. The summed E-state index contributed by atoms with van der Waals surface area (Å²) in [7, 11) is 6.22. The van der Waals surface area contributed by atoms with E-state index in [9.17, 15) is 0 Å². The molecule has 19 heavy (non-hydrogen) atoms. The van der Waals surface area contributed by atoms with Crippen LogP contribution in [0.15, 0.2) is 18.2 Å². The number of halogens is 1. The summed E-state index contributed by atoms with van der Waals surface area (Å²) in [4.78, 5) is 4.35. The smallest absolute Gasteiger partial charge is 0.0642 e. The number of hydrogen-bond acceptors (Lipinski definition) is 3. The van der Waals surface area contributed by atoms with Crippen LogP contribution in [0.4, 0.5) is 5.69 Å². The van der Waals surface area contributed by atoms with Crippen molar-refractivity contribution >= 4 is 17.3 Å². The Bertz CT molecular complexity index is 393. The van der Waals surface area contributed by atoms with Crippen LogP contribution < -0.4 is 10.6 Å². The number of likely N-dealkylation sites (N-methyl/N-ethyl adjacent to an activating group) is 2. The van der Waals surface area contributed by atoms with Crippen LogP contribution in [0.5, 0.6) is 0 Å². The molecule has 0 fully saturated rings. The Balaban J connectivity index is 2.71. The Hall–Kier alpha value is -0.770. The lowest BCUT2D eigenvalue weighted by molar-refractivity contribution is 0.416. The summed E-state index contributed by atoms with van der Waals surface area (Å²) in [6.07, 6.45) is 1.88. The molecule has 3 nitrogen and oxygen atoms in total. The monoisotopic (exact) mass is 283 g/mol. The van der Waals surface area contributed by atoms with Gasteiger partial charge in [-0.05, 0) is 44.6 Å². The average Bonchev–Trinajstić information content (AvgIpc) is 2.35. The van der Waals surface area contributed by atoms with Gasteiger partial charge in [0, 0.05) is 26.2 Å². The van der Waals surface area contributed by atoms with Gasteiger partial charge < -0.3 is 15.5 Å². The number of nitrogens with zero attached hydrogens (tertiary/aromatic N) is 2. The first-order chi connectivity index (χ1) is 8.93. The summed E-state index contributed by atoms with van der Waals surface area (Å²) in [5.74, 6) is 0. The van der Waals surface area contributed by atoms with Crippen molar-refractivity contribution in [2.24, 2.45) is 5.73 Å². The fourth-order valence-corrected chi connectivity index (χ4v) is 2.25. The maximum absolute atomic E-state index is 6.37. The molecular formula is C15H26ClN3. The topological polar surface area (TPSA) is 32.5 Å². The van der Waals surface area contributed by atoms with Gasteiger partial charge in [-0.15, -0.1) is 0 Å². The second-order valence-corrected chi connectivity index (χ2v) is 5.79. The Morgan fingerprint density at radius 1 is 1.21 bits per heavy atom. The highest BCUT2D eigenvalue weighted by molar-refractivity contribution is 6.33. The molecule has 0 aliphatic heterocycles. The minimum absolute atomic E-state index is 0.216. The maximum Gasteiger partial charge on any atom is 0.0642 e. The van der Waals surface area contributed by atoms with Crippen LogP contribution in [0, 0.1) is 0 Å². The quantitative estimate of drug-likeness (QED) is 0.835. The molecule has 0 aromatic heterocycles. The van der Waals surface area contributed by atoms with Gasteiger partial charge in [0.25, 0.3) is 0 Å². The second-order valence-electron chi connectivity index (χ2n) is 5.38. The van der Waals surface area contributed by atoms with Crippen LogP contribution in [-0.2, 0) is 6.42 Å². The number of rotatable bonds is 7. The van der Waals surface area contributed by atoms with Crippen LogP contribution in [0.2, 0.25) is 5.02 Å². The molecule has 1 aromatic carbocycles. The number of hydrogen-bond donors (Lipinski definition) is 1. The van der Waals surface area contributed by atoms with E-state index in [-0.39, 0.29) is 6.04 Å². The van der Waals surface area contributed by atoms with Crippen LogP contribution in [0.25, 0.3) is 0 Å². The number of nitrogens with two attached hydrogens (primary N) is 1. The molecule has 2 N–H and O–H groups in total.